The van der Waals surface area contributed by atoms with Gasteiger partial charge in [-0.1, -0.05) is 5.16 Å². The number of esters is 1. The fourth-order valence-corrected chi connectivity index (χ4v) is 2.50. The first-order chi connectivity index (χ1) is 10.2. The van der Waals surface area contributed by atoms with Crippen molar-refractivity contribution >= 4 is 5.97 Å². The highest BCUT2D eigenvalue weighted by molar-refractivity contribution is 5.94. The van der Waals surface area contributed by atoms with Crippen LogP contribution in [0.5, 0.6) is 0 Å². The molecule has 2 aromatic heterocycles. The summed E-state index contributed by atoms with van der Waals surface area (Å²) in [5, 5.41) is 3.75. The monoisotopic (exact) mass is 287 g/mol. The number of hydrogen-bond donors (Lipinski definition) is 0. The van der Waals surface area contributed by atoms with Gasteiger partial charge in [0.2, 0.25) is 0 Å². The van der Waals surface area contributed by atoms with Gasteiger partial charge in [0.1, 0.15) is 6.26 Å². The molecule has 0 radical (unpaired) electrons. The van der Waals surface area contributed by atoms with E-state index in [1.54, 1.807) is 13.1 Å². The lowest BCUT2D eigenvalue weighted by Crippen LogP contribution is -2.27. The summed E-state index contributed by atoms with van der Waals surface area (Å²) < 4.78 is 9.93. The number of rotatable bonds is 3. The quantitative estimate of drug-likeness (QED) is 0.803. The van der Waals surface area contributed by atoms with E-state index in [9.17, 15) is 4.79 Å². The zero-order valence-electron chi connectivity index (χ0n) is 12.1. The molecule has 0 bridgehead atoms. The molecule has 6 heteroatoms. The molecule has 0 aliphatic carbocycles. The Balaban J connectivity index is 1.96. The number of carbonyl (C=O) groups excluding carboxylic acids is 1. The minimum Gasteiger partial charge on any atom is -0.461 e. The van der Waals surface area contributed by atoms with Gasteiger partial charge < -0.3 is 14.2 Å². The summed E-state index contributed by atoms with van der Waals surface area (Å²) in [5.41, 5.74) is 3.94. The van der Waals surface area contributed by atoms with E-state index >= 15 is 0 Å². The molecule has 0 aromatic carbocycles. The Bertz CT molecular complexity index is 666. The van der Waals surface area contributed by atoms with Gasteiger partial charge in [0.05, 0.1) is 12.2 Å². The molecule has 0 atom stereocenters. The van der Waals surface area contributed by atoms with E-state index in [2.05, 4.69) is 22.1 Å². The second kappa shape index (κ2) is 5.65. The summed E-state index contributed by atoms with van der Waals surface area (Å²) in [6, 6.07) is 2.05. The van der Waals surface area contributed by atoms with Crippen molar-refractivity contribution in [3.63, 3.8) is 0 Å². The Morgan fingerprint density at radius 1 is 1.52 bits per heavy atom. The van der Waals surface area contributed by atoms with E-state index in [1.807, 2.05) is 6.07 Å². The van der Waals surface area contributed by atoms with Crippen LogP contribution in [0.3, 0.4) is 0 Å². The van der Waals surface area contributed by atoms with Gasteiger partial charge in [-0.15, -0.1) is 0 Å². The lowest BCUT2D eigenvalue weighted by atomic mass is 10.0. The van der Waals surface area contributed by atoms with Gasteiger partial charge in [0.15, 0.2) is 5.69 Å². The molecule has 0 N–H and O–H groups in total. The zero-order valence-corrected chi connectivity index (χ0v) is 12.1. The molecule has 0 unspecified atom stereocenters. The first-order valence-electron chi connectivity index (χ1n) is 6.97. The second-order valence-electron chi connectivity index (χ2n) is 5.11. The van der Waals surface area contributed by atoms with E-state index in [4.69, 9.17) is 9.26 Å². The van der Waals surface area contributed by atoms with Crippen LogP contribution in [0.1, 0.15) is 28.7 Å². The highest BCUT2D eigenvalue weighted by Gasteiger charge is 2.21. The molecule has 1 aliphatic rings. The largest absolute Gasteiger partial charge is 0.461 e. The van der Waals surface area contributed by atoms with Crippen LogP contribution in [0, 0.1) is 0 Å². The fraction of sp³-hybridized carbons (Fsp3) is 0.400. The lowest BCUT2D eigenvalue weighted by molar-refractivity contribution is 0.0515. The maximum atomic E-state index is 11.9. The van der Waals surface area contributed by atoms with Crippen molar-refractivity contribution in [2.45, 2.75) is 19.9 Å². The molecule has 21 heavy (non-hydrogen) atoms. The maximum Gasteiger partial charge on any atom is 0.361 e. The van der Waals surface area contributed by atoms with Crippen molar-refractivity contribution in [3.8, 4) is 11.1 Å². The maximum absolute atomic E-state index is 11.9. The molecule has 0 saturated carbocycles. The molecule has 6 nitrogen and oxygen atoms in total. The van der Waals surface area contributed by atoms with Crippen LogP contribution in [0.2, 0.25) is 0 Å². The molecular formula is C15H17N3O3. The highest BCUT2D eigenvalue weighted by Crippen LogP contribution is 2.27. The van der Waals surface area contributed by atoms with Crippen LogP contribution >= 0.6 is 0 Å². The minimum absolute atomic E-state index is 0.197. The third-order valence-corrected chi connectivity index (χ3v) is 3.58. The van der Waals surface area contributed by atoms with E-state index in [-0.39, 0.29) is 5.69 Å². The van der Waals surface area contributed by atoms with E-state index in [0.717, 1.165) is 30.8 Å². The van der Waals surface area contributed by atoms with E-state index < -0.39 is 5.97 Å². The highest BCUT2D eigenvalue weighted by atomic mass is 16.5. The Morgan fingerprint density at radius 3 is 3.19 bits per heavy atom. The van der Waals surface area contributed by atoms with Crippen LogP contribution in [-0.2, 0) is 17.7 Å². The Kier molecular flexibility index (Phi) is 3.70. The van der Waals surface area contributed by atoms with Crippen LogP contribution < -0.4 is 0 Å². The Labute approximate surface area is 122 Å². The molecule has 0 saturated heterocycles. The van der Waals surface area contributed by atoms with Crippen molar-refractivity contribution in [1.29, 1.82) is 0 Å². The number of fused-ring (bicyclic) bond motifs is 1. The number of pyridine rings is 1. The summed E-state index contributed by atoms with van der Waals surface area (Å²) in [6.45, 7) is 3.93. The van der Waals surface area contributed by atoms with Gasteiger partial charge in [-0.2, -0.15) is 0 Å². The first kappa shape index (κ1) is 13.8. The number of hydrogen-bond acceptors (Lipinski definition) is 6. The van der Waals surface area contributed by atoms with Crippen LogP contribution in [0.25, 0.3) is 11.1 Å². The number of ether oxygens (including phenoxy) is 1. The zero-order chi connectivity index (χ0) is 14.8. The molecule has 0 spiro atoms. The van der Waals surface area contributed by atoms with Gasteiger partial charge in [-0.05, 0) is 25.6 Å². The number of carbonyl (C=O) groups is 1. The van der Waals surface area contributed by atoms with E-state index in [1.165, 1.54) is 11.8 Å². The van der Waals surface area contributed by atoms with Gasteiger partial charge in [0, 0.05) is 37.0 Å². The third kappa shape index (κ3) is 2.67. The summed E-state index contributed by atoms with van der Waals surface area (Å²) in [5.74, 6) is -0.476. The number of likely N-dealkylation sites (N-methyl/N-ethyl adjacent to an activating group) is 1. The summed E-state index contributed by atoms with van der Waals surface area (Å²) in [7, 11) is 2.08. The average Bonchev–Trinajstić information content (AvgIpc) is 2.96. The molecule has 1 aliphatic heterocycles. The smallest absolute Gasteiger partial charge is 0.361 e. The Hall–Kier alpha value is -2.21. The van der Waals surface area contributed by atoms with Crippen LogP contribution in [0.15, 0.2) is 23.0 Å². The number of aromatic nitrogens is 2. The van der Waals surface area contributed by atoms with E-state index in [0.29, 0.717) is 12.2 Å². The van der Waals surface area contributed by atoms with Gasteiger partial charge in [-0.3, -0.25) is 4.98 Å². The summed E-state index contributed by atoms with van der Waals surface area (Å²) in [4.78, 5) is 18.6. The van der Waals surface area contributed by atoms with Crippen LogP contribution in [0.4, 0.5) is 0 Å². The van der Waals surface area contributed by atoms with Gasteiger partial charge in [-0.25, -0.2) is 4.79 Å². The van der Waals surface area contributed by atoms with Gasteiger partial charge in [0.25, 0.3) is 0 Å². The average molecular weight is 287 g/mol. The van der Waals surface area contributed by atoms with Crippen molar-refractivity contribution in [2.75, 3.05) is 20.2 Å². The standard InChI is InChI=1S/C15H17N3O3/c1-3-20-15(19)14-12(9-21-17-14)10-6-11-8-18(2)5-4-13(11)16-7-10/h6-7,9H,3-5,8H2,1-2H3. The second-order valence-corrected chi connectivity index (χ2v) is 5.11. The molecular weight excluding hydrogens is 270 g/mol. The molecule has 0 fully saturated rings. The summed E-state index contributed by atoms with van der Waals surface area (Å²) in [6.07, 6.45) is 4.17. The third-order valence-electron chi connectivity index (χ3n) is 3.58. The normalized spacial score (nSPS) is 14.8. The molecule has 3 rings (SSSR count). The van der Waals surface area contributed by atoms with Crippen molar-refractivity contribution in [2.24, 2.45) is 0 Å². The lowest BCUT2D eigenvalue weighted by Gasteiger charge is -2.24. The van der Waals surface area contributed by atoms with Crippen LogP contribution in [-0.4, -0.2) is 41.2 Å². The predicted molar refractivity (Wildman–Crippen MR) is 75.7 cm³/mol. The molecule has 2 aromatic rings. The molecule has 3 heterocycles. The molecule has 0 amide bonds. The SMILES string of the molecule is CCOC(=O)c1nocc1-c1cnc2c(c1)CN(C)CC2. The Morgan fingerprint density at radius 2 is 2.38 bits per heavy atom. The van der Waals surface area contributed by atoms with Crippen molar-refractivity contribution in [3.05, 3.63) is 35.5 Å². The van der Waals surface area contributed by atoms with Crippen molar-refractivity contribution in [1.82, 2.24) is 15.0 Å². The summed E-state index contributed by atoms with van der Waals surface area (Å²) >= 11 is 0. The molecule has 110 valence electrons. The predicted octanol–water partition coefficient (Wildman–Crippen LogP) is 1.90. The topological polar surface area (TPSA) is 68.5 Å². The van der Waals surface area contributed by atoms with Crippen molar-refractivity contribution < 1.29 is 14.1 Å². The fourth-order valence-electron chi connectivity index (χ4n) is 2.50. The minimum atomic E-state index is -0.476. The number of nitrogens with zero attached hydrogens (tertiary/aromatic N) is 3. The first-order valence-corrected chi connectivity index (χ1v) is 6.97. The van der Waals surface area contributed by atoms with Gasteiger partial charge >= 0.3 is 5.97 Å².